The van der Waals surface area contributed by atoms with E-state index in [1.807, 2.05) is 12.1 Å². The largest absolute Gasteiger partial charge is 0.485 e. The Morgan fingerprint density at radius 3 is 2.06 bits per heavy atom. The van der Waals surface area contributed by atoms with Crippen LogP contribution in [0.1, 0.15) is 46.6 Å². The van der Waals surface area contributed by atoms with Crippen LogP contribution in [0.25, 0.3) is 0 Å². The molecule has 0 aliphatic rings. The first-order valence-corrected chi connectivity index (χ1v) is 6.33. The average Bonchev–Trinajstić information content (AvgIpc) is 2.23. The summed E-state index contributed by atoms with van der Waals surface area (Å²) < 4.78 is 5.20. The van der Waals surface area contributed by atoms with Crippen LogP contribution in [0.2, 0.25) is 0 Å². The van der Waals surface area contributed by atoms with E-state index >= 15 is 0 Å². The van der Waals surface area contributed by atoms with Gasteiger partial charge in [0.15, 0.2) is 6.61 Å². The second-order valence-electron chi connectivity index (χ2n) is 6.58. The molecule has 0 aromatic heterocycles. The minimum Gasteiger partial charge on any atom is -0.485 e. The first-order valence-electron chi connectivity index (χ1n) is 6.33. The first kappa shape index (κ1) is 14.7. The minimum absolute atomic E-state index is 0.00920. The van der Waals surface area contributed by atoms with E-state index in [2.05, 4.69) is 46.8 Å². The van der Waals surface area contributed by atoms with Gasteiger partial charge < -0.3 is 4.74 Å². The molecule has 2 nitrogen and oxygen atoms in total. The number of ether oxygens (including phenoxy) is 1. The van der Waals surface area contributed by atoms with Crippen LogP contribution in [0, 0.1) is 5.41 Å². The SMILES string of the molecule is CC(C)(C)CC(C)(C)c1ccc(OC[C]=O)cc1. The van der Waals surface area contributed by atoms with Gasteiger partial charge in [-0.05, 0) is 34.9 Å². The molecule has 0 aliphatic heterocycles. The molecule has 18 heavy (non-hydrogen) atoms. The van der Waals surface area contributed by atoms with Crippen molar-refractivity contribution in [3.8, 4) is 5.75 Å². The summed E-state index contributed by atoms with van der Waals surface area (Å²) in [7, 11) is 0. The molecule has 1 radical (unpaired) electrons. The molecule has 0 saturated carbocycles. The maximum absolute atomic E-state index is 10.1. The van der Waals surface area contributed by atoms with Gasteiger partial charge in [0.2, 0.25) is 6.29 Å². The van der Waals surface area contributed by atoms with E-state index in [-0.39, 0.29) is 12.0 Å². The van der Waals surface area contributed by atoms with Crippen molar-refractivity contribution in [2.24, 2.45) is 5.41 Å². The van der Waals surface area contributed by atoms with Gasteiger partial charge in [-0.3, -0.25) is 4.79 Å². The molecule has 0 unspecified atom stereocenters. The highest BCUT2D eigenvalue weighted by Crippen LogP contribution is 2.36. The maximum atomic E-state index is 10.1. The van der Waals surface area contributed by atoms with Crippen LogP contribution in [0.5, 0.6) is 5.75 Å². The smallest absolute Gasteiger partial charge is 0.239 e. The van der Waals surface area contributed by atoms with Crippen molar-refractivity contribution in [1.29, 1.82) is 0 Å². The van der Waals surface area contributed by atoms with Crippen molar-refractivity contribution < 1.29 is 9.53 Å². The number of carbonyl (C=O) groups excluding carboxylic acids is 1. The van der Waals surface area contributed by atoms with Gasteiger partial charge in [0.1, 0.15) is 5.75 Å². The molecule has 0 aliphatic carbocycles. The van der Waals surface area contributed by atoms with E-state index in [4.69, 9.17) is 4.74 Å². The summed E-state index contributed by atoms with van der Waals surface area (Å²) in [5.41, 5.74) is 1.72. The Hall–Kier alpha value is -1.31. The molecular formula is C16H23O2. The summed E-state index contributed by atoms with van der Waals surface area (Å²) in [5, 5.41) is 0. The standard InChI is InChI=1S/C16H23O2/c1-15(2,3)12-16(4,5)13-6-8-14(9-7-13)18-11-10-17/h6-9H,11-12H2,1-5H3. The third-order valence-corrected chi connectivity index (χ3v) is 2.91. The zero-order chi connectivity index (χ0) is 13.8. The molecule has 1 rings (SSSR count). The third kappa shape index (κ3) is 4.52. The summed E-state index contributed by atoms with van der Waals surface area (Å²) in [6.45, 7) is 11.3. The fourth-order valence-electron chi connectivity index (χ4n) is 2.54. The van der Waals surface area contributed by atoms with Gasteiger partial charge in [0, 0.05) is 0 Å². The minimum atomic E-state index is -0.00920. The van der Waals surface area contributed by atoms with Crippen LogP contribution in [-0.4, -0.2) is 12.9 Å². The van der Waals surface area contributed by atoms with E-state index in [1.165, 1.54) is 5.56 Å². The van der Waals surface area contributed by atoms with Gasteiger partial charge in [-0.2, -0.15) is 0 Å². The van der Waals surface area contributed by atoms with Crippen LogP contribution in [0.4, 0.5) is 0 Å². The summed E-state index contributed by atoms with van der Waals surface area (Å²) >= 11 is 0. The molecule has 0 saturated heterocycles. The number of hydrogen-bond acceptors (Lipinski definition) is 2. The molecule has 99 valence electrons. The van der Waals surface area contributed by atoms with Crippen LogP contribution in [-0.2, 0) is 10.2 Å². The zero-order valence-electron chi connectivity index (χ0n) is 12.0. The Balaban J connectivity index is 2.80. The molecule has 0 bridgehead atoms. The quantitative estimate of drug-likeness (QED) is 0.789. The second-order valence-corrected chi connectivity index (χ2v) is 6.58. The van der Waals surface area contributed by atoms with Gasteiger partial charge in [-0.1, -0.05) is 46.8 Å². The third-order valence-electron chi connectivity index (χ3n) is 2.91. The Labute approximate surface area is 110 Å². The molecule has 0 heterocycles. The molecule has 0 amide bonds. The van der Waals surface area contributed by atoms with Crippen molar-refractivity contribution in [2.45, 2.75) is 46.5 Å². The van der Waals surface area contributed by atoms with Gasteiger partial charge >= 0.3 is 0 Å². The molecule has 2 heteroatoms. The normalized spacial score (nSPS) is 12.3. The Morgan fingerprint density at radius 1 is 1.06 bits per heavy atom. The fraction of sp³-hybridized carbons (Fsp3) is 0.562. The molecule has 1 aromatic carbocycles. The molecule has 0 spiro atoms. The van der Waals surface area contributed by atoms with Gasteiger partial charge in [0.25, 0.3) is 0 Å². The average molecular weight is 247 g/mol. The lowest BCUT2D eigenvalue weighted by Crippen LogP contribution is -2.24. The Bertz CT molecular complexity index is 383. The summed E-state index contributed by atoms with van der Waals surface area (Å²) in [6, 6.07) is 7.98. The predicted octanol–water partition coefficient (Wildman–Crippen LogP) is 3.89. The van der Waals surface area contributed by atoms with E-state index in [0.717, 1.165) is 6.42 Å². The predicted molar refractivity (Wildman–Crippen MR) is 74.7 cm³/mol. The van der Waals surface area contributed by atoms with E-state index in [9.17, 15) is 4.79 Å². The maximum Gasteiger partial charge on any atom is 0.239 e. The highest BCUT2D eigenvalue weighted by atomic mass is 16.5. The number of hydrogen-bond donors (Lipinski definition) is 0. The zero-order valence-corrected chi connectivity index (χ0v) is 12.0. The van der Waals surface area contributed by atoms with Crippen LogP contribution in [0.15, 0.2) is 24.3 Å². The van der Waals surface area contributed by atoms with Crippen LogP contribution < -0.4 is 4.74 Å². The van der Waals surface area contributed by atoms with Crippen molar-refractivity contribution in [3.63, 3.8) is 0 Å². The van der Waals surface area contributed by atoms with Gasteiger partial charge in [0.05, 0.1) is 0 Å². The van der Waals surface area contributed by atoms with Gasteiger partial charge in [-0.15, -0.1) is 0 Å². The highest BCUT2D eigenvalue weighted by molar-refractivity contribution is 5.52. The monoisotopic (exact) mass is 247 g/mol. The van der Waals surface area contributed by atoms with Crippen molar-refractivity contribution in [2.75, 3.05) is 6.61 Å². The Kier molecular flexibility index (Phi) is 4.55. The Morgan fingerprint density at radius 2 is 1.61 bits per heavy atom. The van der Waals surface area contributed by atoms with E-state index in [1.54, 1.807) is 6.29 Å². The van der Waals surface area contributed by atoms with Crippen LogP contribution in [0.3, 0.4) is 0 Å². The summed E-state index contributed by atoms with van der Waals surface area (Å²) in [5.74, 6) is 0.716. The highest BCUT2D eigenvalue weighted by Gasteiger charge is 2.27. The molecule has 0 atom stereocenters. The summed E-state index contributed by atoms with van der Waals surface area (Å²) in [4.78, 5) is 10.1. The fourth-order valence-corrected chi connectivity index (χ4v) is 2.54. The molecular weight excluding hydrogens is 224 g/mol. The lowest BCUT2D eigenvalue weighted by atomic mass is 9.72. The van der Waals surface area contributed by atoms with Crippen LogP contribution >= 0.6 is 0 Å². The first-order chi connectivity index (χ1) is 8.24. The van der Waals surface area contributed by atoms with Gasteiger partial charge in [-0.25, -0.2) is 0 Å². The molecule has 1 aromatic rings. The molecule has 0 N–H and O–H groups in total. The summed E-state index contributed by atoms with van der Waals surface area (Å²) in [6.07, 6.45) is 2.83. The molecule has 0 fully saturated rings. The van der Waals surface area contributed by atoms with E-state index in [0.29, 0.717) is 11.2 Å². The lowest BCUT2D eigenvalue weighted by molar-refractivity contribution is 0.284. The van der Waals surface area contributed by atoms with Crippen molar-refractivity contribution in [1.82, 2.24) is 0 Å². The number of benzene rings is 1. The lowest BCUT2D eigenvalue weighted by Gasteiger charge is -2.33. The topological polar surface area (TPSA) is 26.3 Å². The van der Waals surface area contributed by atoms with E-state index < -0.39 is 0 Å². The van der Waals surface area contributed by atoms with Crippen molar-refractivity contribution >= 4 is 6.29 Å². The number of rotatable bonds is 5. The second kappa shape index (κ2) is 5.55. The van der Waals surface area contributed by atoms with Crippen molar-refractivity contribution in [3.05, 3.63) is 29.8 Å².